The third kappa shape index (κ3) is 4.52. The Bertz CT molecular complexity index is 2620. The van der Waals surface area contributed by atoms with Gasteiger partial charge >= 0.3 is 0 Å². The van der Waals surface area contributed by atoms with Gasteiger partial charge in [-0.05, 0) is 86.8 Å². The summed E-state index contributed by atoms with van der Waals surface area (Å²) in [5, 5.41) is 28.9. The van der Waals surface area contributed by atoms with Crippen LogP contribution in [0.15, 0.2) is 59.8 Å². The second-order valence-electron chi connectivity index (χ2n) is 11.6. The van der Waals surface area contributed by atoms with Crippen molar-refractivity contribution in [2.24, 2.45) is 5.73 Å². The van der Waals surface area contributed by atoms with Gasteiger partial charge < -0.3 is 5.73 Å². The van der Waals surface area contributed by atoms with E-state index in [1.54, 1.807) is 33.5 Å². The number of rotatable bonds is 2. The second-order valence-corrected chi connectivity index (χ2v) is 12.2. The number of nitriles is 3. The summed E-state index contributed by atoms with van der Waals surface area (Å²) in [6.45, 7) is 0.881. The largest absolute Gasteiger partial charge is 0.390 e. The summed E-state index contributed by atoms with van der Waals surface area (Å²) in [5.41, 5.74) is 4.84. The molecule has 51 heavy (non-hydrogen) atoms. The van der Waals surface area contributed by atoms with Crippen LogP contribution in [0.3, 0.4) is 0 Å². The van der Waals surface area contributed by atoms with Crippen molar-refractivity contribution in [2.45, 2.75) is 6.92 Å². The predicted molar refractivity (Wildman–Crippen MR) is 175 cm³/mol. The highest BCUT2D eigenvalue weighted by Gasteiger charge is 2.35. The van der Waals surface area contributed by atoms with Crippen molar-refractivity contribution < 1.29 is 35.1 Å². The Morgan fingerprint density at radius 3 is 1.43 bits per heavy atom. The molecule has 1 atom stereocenters. The Morgan fingerprint density at radius 1 is 0.510 bits per heavy atom. The first kappa shape index (κ1) is 33.2. The molecule has 0 heterocycles. The molecule has 0 fully saturated rings. The second kappa shape index (κ2) is 11.7. The van der Waals surface area contributed by atoms with E-state index in [1.165, 1.54) is 36.4 Å². The van der Waals surface area contributed by atoms with Crippen LogP contribution in [0.4, 0.5) is 35.1 Å². The standard InChI is InChI=1S/C38H15F8N4P/c1-13-30(39)32(41)27(33(42)31(13)40)14-2-4-17-19-9-24-20(8-23(19)26(21(17)6-14)16(10-47)11-48)18-5-3-15(7-22(18)29(24)25(50)12-49)28-34(43)36(45)37(46)38(51)35(28)44/h2-9H,50-51H2,1H3/b29-25-. The van der Waals surface area contributed by atoms with Crippen LogP contribution in [0.25, 0.3) is 55.7 Å². The molecule has 7 rings (SSSR count). The molecule has 248 valence electrons. The molecule has 5 aromatic rings. The normalized spacial score (nSPS) is 13.1. The van der Waals surface area contributed by atoms with Crippen LogP contribution in [0.1, 0.15) is 27.8 Å². The van der Waals surface area contributed by atoms with Gasteiger partial charge in [-0.1, -0.05) is 33.5 Å². The van der Waals surface area contributed by atoms with Gasteiger partial charge in [-0.2, -0.15) is 15.8 Å². The van der Waals surface area contributed by atoms with Gasteiger partial charge in [0.25, 0.3) is 0 Å². The minimum absolute atomic E-state index is 0.0336. The van der Waals surface area contributed by atoms with Gasteiger partial charge in [0.1, 0.15) is 35.3 Å². The van der Waals surface area contributed by atoms with Crippen LogP contribution in [0.2, 0.25) is 0 Å². The Hall–Kier alpha value is -6.28. The van der Waals surface area contributed by atoms with E-state index >= 15 is 13.2 Å². The van der Waals surface area contributed by atoms with E-state index in [0.717, 1.165) is 6.92 Å². The number of allylic oxidation sites excluding steroid dienone is 2. The number of nitrogens with zero attached hydrogens (tertiary/aromatic N) is 3. The number of hydrogen-bond donors (Lipinski definition) is 1. The maximum atomic E-state index is 15.2. The van der Waals surface area contributed by atoms with Crippen molar-refractivity contribution in [1.82, 2.24) is 0 Å². The van der Waals surface area contributed by atoms with E-state index in [0.29, 0.717) is 33.4 Å². The first-order valence-electron chi connectivity index (χ1n) is 14.6. The van der Waals surface area contributed by atoms with Gasteiger partial charge in [-0.3, -0.25) is 0 Å². The fourth-order valence-electron chi connectivity index (χ4n) is 6.68. The topological polar surface area (TPSA) is 97.4 Å². The van der Waals surface area contributed by atoms with Gasteiger partial charge in [-0.25, -0.2) is 35.1 Å². The average Bonchev–Trinajstić information content (AvgIpc) is 3.62. The summed E-state index contributed by atoms with van der Waals surface area (Å²) in [4.78, 5) is 0. The molecule has 0 saturated carbocycles. The van der Waals surface area contributed by atoms with Crippen LogP contribution in [-0.4, -0.2) is 0 Å². The molecule has 0 saturated heterocycles. The molecule has 13 heteroatoms. The van der Waals surface area contributed by atoms with E-state index in [2.05, 4.69) is 0 Å². The van der Waals surface area contributed by atoms with Crippen molar-refractivity contribution in [2.75, 3.05) is 0 Å². The molecule has 0 radical (unpaired) electrons. The molecule has 2 N–H and O–H groups in total. The lowest BCUT2D eigenvalue weighted by Gasteiger charge is -2.12. The monoisotopic (exact) mass is 710 g/mol. The summed E-state index contributed by atoms with van der Waals surface area (Å²) >= 11 is 0. The minimum atomic E-state index is -1.89. The van der Waals surface area contributed by atoms with Crippen molar-refractivity contribution in [3.05, 3.63) is 134 Å². The van der Waals surface area contributed by atoms with Gasteiger partial charge in [-0.15, -0.1) is 0 Å². The van der Waals surface area contributed by atoms with Crippen LogP contribution in [0.5, 0.6) is 0 Å². The molecule has 5 aromatic carbocycles. The fraction of sp³-hybridized carbons (Fsp3) is 0.0263. The van der Waals surface area contributed by atoms with E-state index in [9.17, 15) is 37.7 Å². The Labute approximate surface area is 285 Å². The zero-order chi connectivity index (χ0) is 36.8. The third-order valence-corrected chi connectivity index (χ3v) is 9.58. The van der Waals surface area contributed by atoms with Gasteiger partial charge in [0, 0.05) is 22.0 Å². The quantitative estimate of drug-likeness (QED) is 0.0637. The van der Waals surface area contributed by atoms with Crippen LogP contribution >= 0.6 is 9.24 Å². The lowest BCUT2D eigenvalue weighted by atomic mass is 9.93. The molecule has 0 bridgehead atoms. The highest BCUT2D eigenvalue weighted by atomic mass is 31.0. The highest BCUT2D eigenvalue weighted by molar-refractivity contribution is 7.27. The Balaban J connectivity index is 1.48. The summed E-state index contributed by atoms with van der Waals surface area (Å²) in [6.07, 6.45) is 0. The van der Waals surface area contributed by atoms with E-state index < -0.39 is 74.1 Å². The zero-order valence-corrected chi connectivity index (χ0v) is 26.8. The number of halogens is 8. The van der Waals surface area contributed by atoms with Crippen LogP contribution in [0, 0.1) is 87.5 Å². The molecule has 0 amide bonds. The van der Waals surface area contributed by atoms with Gasteiger partial charge in [0.15, 0.2) is 40.7 Å². The number of nitrogens with two attached hydrogens (primary N) is 1. The molecule has 1 unspecified atom stereocenters. The molecule has 0 aliphatic heterocycles. The van der Waals surface area contributed by atoms with Crippen molar-refractivity contribution >= 4 is 25.7 Å². The Morgan fingerprint density at radius 2 is 0.941 bits per heavy atom. The number of fused-ring (bicyclic) bond motifs is 6. The summed E-state index contributed by atoms with van der Waals surface area (Å²) in [6, 6.07) is 16.3. The van der Waals surface area contributed by atoms with E-state index in [-0.39, 0.29) is 39.1 Å². The third-order valence-electron chi connectivity index (χ3n) is 9.08. The maximum Gasteiger partial charge on any atom is 0.195 e. The smallest absolute Gasteiger partial charge is 0.195 e. The minimum Gasteiger partial charge on any atom is -0.390 e. The lowest BCUT2D eigenvalue weighted by molar-refractivity contribution is 0.443. The zero-order valence-electron chi connectivity index (χ0n) is 25.6. The maximum absolute atomic E-state index is 15.2. The molecular formula is C38H15F8N4P. The van der Waals surface area contributed by atoms with E-state index in [4.69, 9.17) is 5.73 Å². The SMILES string of the molecule is Cc1c(F)c(F)c(-c2ccc3c(c2)C(=C(C#N)C#N)c2cc4c(cc2-3)/C(=C(\N)C#N)c2cc(-c3c(F)c(F)c(F)c(P)c3F)ccc2-4)c(F)c1F. The van der Waals surface area contributed by atoms with Gasteiger partial charge in [0.2, 0.25) is 0 Å². The molecule has 0 spiro atoms. The van der Waals surface area contributed by atoms with Crippen molar-refractivity contribution in [3.63, 3.8) is 0 Å². The van der Waals surface area contributed by atoms with Crippen LogP contribution < -0.4 is 11.0 Å². The summed E-state index contributed by atoms with van der Waals surface area (Å²) in [5.74, 6) is -13.2. The first-order valence-corrected chi connectivity index (χ1v) is 15.2. The number of hydrogen-bond acceptors (Lipinski definition) is 4. The fourth-order valence-corrected chi connectivity index (χ4v) is 6.96. The Kier molecular flexibility index (Phi) is 7.60. The highest BCUT2D eigenvalue weighted by Crippen LogP contribution is 2.54. The lowest BCUT2D eigenvalue weighted by Crippen LogP contribution is -2.13. The molecule has 2 aliphatic rings. The summed E-state index contributed by atoms with van der Waals surface area (Å²) in [7, 11) is 1.68. The average molecular weight is 711 g/mol. The predicted octanol–water partition coefficient (Wildman–Crippen LogP) is 8.99. The molecular weight excluding hydrogens is 695 g/mol. The molecule has 0 aromatic heterocycles. The number of benzene rings is 5. The molecule has 4 nitrogen and oxygen atoms in total. The van der Waals surface area contributed by atoms with Crippen LogP contribution in [-0.2, 0) is 0 Å². The van der Waals surface area contributed by atoms with E-state index in [1.807, 2.05) is 6.07 Å². The van der Waals surface area contributed by atoms with Crippen molar-refractivity contribution in [3.8, 4) is 62.7 Å². The molecule has 2 aliphatic carbocycles. The first-order chi connectivity index (χ1) is 24.3. The van der Waals surface area contributed by atoms with Gasteiger partial charge in [0.05, 0.1) is 11.1 Å². The van der Waals surface area contributed by atoms with Crippen molar-refractivity contribution in [1.29, 1.82) is 15.8 Å². The summed E-state index contributed by atoms with van der Waals surface area (Å²) < 4.78 is 118.